The Hall–Kier alpha value is -2.41. The fourth-order valence-electron chi connectivity index (χ4n) is 2.98. The Bertz CT molecular complexity index is 895. The smallest absolute Gasteiger partial charge is 0.253 e. The maximum Gasteiger partial charge on any atom is 0.253 e. The van der Waals surface area contributed by atoms with E-state index in [1.807, 2.05) is 45.0 Å². The summed E-state index contributed by atoms with van der Waals surface area (Å²) in [4.78, 5) is 27.7. The van der Waals surface area contributed by atoms with Crippen molar-refractivity contribution < 1.29 is 9.59 Å². The van der Waals surface area contributed by atoms with E-state index in [-0.39, 0.29) is 11.8 Å². The lowest BCUT2D eigenvalue weighted by molar-refractivity contribution is -0.126. The zero-order valence-electron chi connectivity index (χ0n) is 15.2. The molecule has 2 heterocycles. The van der Waals surface area contributed by atoms with Crippen LogP contribution in [-0.2, 0) is 9.59 Å². The molecule has 0 spiro atoms. The number of amides is 2. The second kappa shape index (κ2) is 6.72. The summed E-state index contributed by atoms with van der Waals surface area (Å²) in [6.07, 6.45) is 3.14. The lowest BCUT2D eigenvalue weighted by Gasteiger charge is -2.32. The first-order valence-electron chi connectivity index (χ1n) is 8.31. The summed E-state index contributed by atoms with van der Waals surface area (Å²) >= 11 is 3.50. The van der Waals surface area contributed by atoms with Crippen LogP contribution < -0.4 is 10.2 Å². The number of nitrogens with one attached hydrogen (secondary N) is 1. The van der Waals surface area contributed by atoms with E-state index < -0.39 is 11.6 Å². The minimum atomic E-state index is -0.836. The Morgan fingerprint density at radius 2 is 1.92 bits per heavy atom. The maximum absolute atomic E-state index is 13.2. The quantitative estimate of drug-likeness (QED) is 0.814. The summed E-state index contributed by atoms with van der Waals surface area (Å²) < 4.78 is 2.38. The van der Waals surface area contributed by atoms with Crippen molar-refractivity contribution in [3.05, 3.63) is 52.8 Å². The molecular formula is C19H21BrN4O2. The van der Waals surface area contributed by atoms with Gasteiger partial charge in [-0.2, -0.15) is 5.10 Å². The molecule has 0 saturated carbocycles. The van der Waals surface area contributed by atoms with E-state index in [9.17, 15) is 9.59 Å². The molecule has 0 aliphatic carbocycles. The minimum absolute atomic E-state index is 0.258. The van der Waals surface area contributed by atoms with E-state index in [2.05, 4.69) is 26.3 Å². The molecule has 1 N–H and O–H groups in total. The molecular weight excluding hydrogens is 396 g/mol. The molecule has 0 fully saturated rings. The van der Waals surface area contributed by atoms with Crippen molar-refractivity contribution in [2.75, 3.05) is 4.90 Å². The second-order valence-corrected chi connectivity index (χ2v) is 8.11. The third kappa shape index (κ3) is 3.44. The van der Waals surface area contributed by atoms with E-state index >= 15 is 0 Å². The Morgan fingerprint density at radius 1 is 1.23 bits per heavy atom. The van der Waals surface area contributed by atoms with Gasteiger partial charge in [-0.25, -0.2) is 4.68 Å². The van der Waals surface area contributed by atoms with E-state index in [4.69, 9.17) is 0 Å². The maximum atomic E-state index is 13.2. The number of anilines is 1. The van der Waals surface area contributed by atoms with Crippen molar-refractivity contribution >= 4 is 39.1 Å². The molecule has 2 amide bonds. The number of nitrogens with zero attached hydrogens (tertiary/aromatic N) is 3. The zero-order chi connectivity index (χ0) is 19.1. The molecule has 1 aromatic heterocycles. The Balaban J connectivity index is 2.20. The van der Waals surface area contributed by atoms with Crippen molar-refractivity contribution in [1.82, 2.24) is 15.1 Å². The minimum Gasteiger partial charge on any atom is -0.349 e. The van der Waals surface area contributed by atoms with Crippen LogP contribution in [0.4, 0.5) is 5.69 Å². The number of rotatable bonds is 2. The molecule has 1 aromatic carbocycles. The summed E-state index contributed by atoms with van der Waals surface area (Å²) in [6.45, 7) is 7.53. The van der Waals surface area contributed by atoms with E-state index in [1.165, 1.54) is 11.0 Å². The van der Waals surface area contributed by atoms with E-state index in [0.717, 1.165) is 4.47 Å². The Kier molecular flexibility index (Phi) is 4.75. The van der Waals surface area contributed by atoms with Gasteiger partial charge in [0.25, 0.3) is 5.91 Å². The molecule has 0 bridgehead atoms. The molecule has 1 atom stereocenters. The van der Waals surface area contributed by atoms with Gasteiger partial charge in [0.2, 0.25) is 5.91 Å². The standard InChI is InChI=1S/C19H21BrN4O2/c1-12-11-16(25)23(14-8-6-5-7-13(14)20)17(15-9-10-21-24(12)15)18(26)22-19(2,3)4/h5-11,17H,1-4H3,(H,22,26). The van der Waals surface area contributed by atoms with Gasteiger partial charge in [-0.1, -0.05) is 12.1 Å². The fourth-order valence-corrected chi connectivity index (χ4v) is 3.45. The van der Waals surface area contributed by atoms with Gasteiger partial charge in [0.15, 0.2) is 6.04 Å². The van der Waals surface area contributed by atoms with Gasteiger partial charge >= 0.3 is 0 Å². The van der Waals surface area contributed by atoms with Crippen molar-refractivity contribution in [3.63, 3.8) is 0 Å². The van der Waals surface area contributed by atoms with Crippen LogP contribution in [-0.4, -0.2) is 27.1 Å². The summed E-state index contributed by atoms with van der Waals surface area (Å²) in [5, 5.41) is 7.28. The van der Waals surface area contributed by atoms with Gasteiger partial charge in [-0.15, -0.1) is 0 Å². The highest BCUT2D eigenvalue weighted by molar-refractivity contribution is 9.10. The first kappa shape index (κ1) is 18.4. The number of benzene rings is 1. The number of carbonyl (C=O) groups excluding carboxylic acids is 2. The van der Waals surface area contributed by atoms with Crippen LogP contribution >= 0.6 is 15.9 Å². The topological polar surface area (TPSA) is 67.2 Å². The average Bonchev–Trinajstić information content (AvgIpc) is 2.97. The van der Waals surface area contributed by atoms with Crippen LogP contribution in [0, 0.1) is 0 Å². The number of para-hydroxylation sites is 1. The predicted octanol–water partition coefficient (Wildman–Crippen LogP) is 3.51. The molecule has 0 radical (unpaired) electrons. The number of fused-ring (bicyclic) bond motifs is 1. The fraction of sp³-hybridized carbons (Fsp3) is 0.316. The van der Waals surface area contributed by atoms with Gasteiger partial charge in [0, 0.05) is 28.0 Å². The van der Waals surface area contributed by atoms with Crippen LogP contribution in [0.3, 0.4) is 0 Å². The van der Waals surface area contributed by atoms with Crippen molar-refractivity contribution in [2.24, 2.45) is 0 Å². The van der Waals surface area contributed by atoms with Crippen LogP contribution in [0.5, 0.6) is 0 Å². The number of allylic oxidation sites excluding steroid dienone is 1. The number of hydrogen-bond acceptors (Lipinski definition) is 3. The number of aromatic nitrogens is 2. The van der Waals surface area contributed by atoms with Crippen molar-refractivity contribution in [1.29, 1.82) is 0 Å². The molecule has 136 valence electrons. The van der Waals surface area contributed by atoms with E-state index in [0.29, 0.717) is 17.1 Å². The number of halogens is 1. The second-order valence-electron chi connectivity index (χ2n) is 7.26. The highest BCUT2D eigenvalue weighted by atomic mass is 79.9. The Morgan fingerprint density at radius 3 is 2.58 bits per heavy atom. The van der Waals surface area contributed by atoms with Crippen molar-refractivity contribution in [2.45, 2.75) is 39.3 Å². The monoisotopic (exact) mass is 416 g/mol. The van der Waals surface area contributed by atoms with Crippen LogP contribution in [0.15, 0.2) is 47.1 Å². The van der Waals surface area contributed by atoms with Gasteiger partial charge in [-0.3, -0.25) is 14.5 Å². The zero-order valence-corrected chi connectivity index (χ0v) is 16.7. The molecule has 26 heavy (non-hydrogen) atoms. The lowest BCUT2D eigenvalue weighted by atomic mass is 10.1. The van der Waals surface area contributed by atoms with E-state index in [1.54, 1.807) is 23.9 Å². The largest absolute Gasteiger partial charge is 0.349 e. The van der Waals surface area contributed by atoms with Gasteiger partial charge in [0.1, 0.15) is 0 Å². The lowest BCUT2D eigenvalue weighted by Crippen LogP contribution is -2.49. The molecule has 3 rings (SSSR count). The number of hydrogen-bond donors (Lipinski definition) is 1. The molecule has 7 heteroatoms. The van der Waals surface area contributed by atoms with Crippen molar-refractivity contribution in [3.8, 4) is 0 Å². The SMILES string of the molecule is CC1=CC(=O)N(c2ccccc2Br)C(C(=O)NC(C)(C)C)c2ccnn21. The molecule has 1 aliphatic rings. The highest BCUT2D eigenvalue weighted by Crippen LogP contribution is 2.36. The van der Waals surface area contributed by atoms with Crippen LogP contribution in [0.2, 0.25) is 0 Å². The molecule has 6 nitrogen and oxygen atoms in total. The summed E-state index contributed by atoms with van der Waals surface area (Å²) in [5.74, 6) is -0.527. The third-order valence-electron chi connectivity index (χ3n) is 3.97. The third-order valence-corrected chi connectivity index (χ3v) is 4.64. The molecule has 0 saturated heterocycles. The number of carbonyl (C=O) groups is 2. The summed E-state index contributed by atoms with van der Waals surface area (Å²) in [6, 6.07) is 8.30. The Labute approximate surface area is 161 Å². The van der Waals surface area contributed by atoms with Gasteiger partial charge in [-0.05, 0) is 61.8 Å². The predicted molar refractivity (Wildman–Crippen MR) is 104 cm³/mol. The van der Waals surface area contributed by atoms with Crippen LogP contribution in [0.1, 0.15) is 39.4 Å². The van der Waals surface area contributed by atoms with Gasteiger partial charge < -0.3 is 5.32 Å². The summed E-state index contributed by atoms with van der Waals surface area (Å²) in [5.41, 5.74) is 1.50. The molecule has 1 aliphatic heterocycles. The summed E-state index contributed by atoms with van der Waals surface area (Å²) in [7, 11) is 0. The first-order chi connectivity index (χ1) is 12.2. The average molecular weight is 417 g/mol. The van der Waals surface area contributed by atoms with Gasteiger partial charge in [0.05, 0.1) is 11.4 Å². The molecule has 1 unspecified atom stereocenters. The van der Waals surface area contributed by atoms with Crippen LogP contribution in [0.25, 0.3) is 5.70 Å². The normalized spacial score (nSPS) is 17.4. The first-order valence-corrected chi connectivity index (χ1v) is 9.11. The molecule has 2 aromatic rings. The highest BCUT2D eigenvalue weighted by Gasteiger charge is 2.38.